The monoisotopic (exact) mass is 196 g/mol. The number of ether oxygens (including phenoxy) is 2. The molecule has 14 heavy (non-hydrogen) atoms. The zero-order valence-electron chi connectivity index (χ0n) is 7.77. The molecule has 4 nitrogen and oxygen atoms in total. The van der Waals surface area contributed by atoms with E-state index in [1.165, 1.54) is 6.26 Å². The highest BCUT2D eigenvalue weighted by atomic mass is 16.6. The van der Waals surface area contributed by atoms with E-state index >= 15 is 0 Å². The Morgan fingerprint density at radius 1 is 1.64 bits per heavy atom. The van der Waals surface area contributed by atoms with Crippen LogP contribution in [0.1, 0.15) is 23.4 Å². The number of hydrogen-bond donors (Lipinski definition) is 0. The maximum atomic E-state index is 11.3. The molecule has 1 atom stereocenters. The van der Waals surface area contributed by atoms with Gasteiger partial charge in [0.15, 0.2) is 0 Å². The van der Waals surface area contributed by atoms with Gasteiger partial charge < -0.3 is 13.9 Å². The van der Waals surface area contributed by atoms with Crippen molar-refractivity contribution in [3.8, 4) is 0 Å². The van der Waals surface area contributed by atoms with Gasteiger partial charge in [-0.25, -0.2) is 4.79 Å². The van der Waals surface area contributed by atoms with E-state index in [4.69, 9.17) is 13.9 Å². The molecule has 0 spiro atoms. The average molecular weight is 196 g/mol. The molecule has 1 fully saturated rings. The van der Waals surface area contributed by atoms with Crippen LogP contribution in [-0.2, 0) is 9.47 Å². The first-order valence-corrected chi connectivity index (χ1v) is 4.68. The van der Waals surface area contributed by atoms with E-state index in [0.29, 0.717) is 6.61 Å². The van der Waals surface area contributed by atoms with Gasteiger partial charge in [-0.1, -0.05) is 0 Å². The van der Waals surface area contributed by atoms with Gasteiger partial charge in [-0.3, -0.25) is 0 Å². The summed E-state index contributed by atoms with van der Waals surface area (Å²) in [6.45, 7) is 1.09. The second-order valence-corrected chi connectivity index (χ2v) is 3.21. The van der Waals surface area contributed by atoms with Gasteiger partial charge >= 0.3 is 5.97 Å². The van der Waals surface area contributed by atoms with Crippen molar-refractivity contribution in [1.82, 2.24) is 0 Å². The van der Waals surface area contributed by atoms with Crippen LogP contribution in [0.3, 0.4) is 0 Å². The highest BCUT2D eigenvalue weighted by Crippen LogP contribution is 2.13. The Balaban J connectivity index is 1.78. The van der Waals surface area contributed by atoms with Crippen molar-refractivity contribution < 1.29 is 18.7 Å². The first-order valence-electron chi connectivity index (χ1n) is 4.68. The lowest BCUT2D eigenvalue weighted by Crippen LogP contribution is -2.17. The summed E-state index contributed by atoms with van der Waals surface area (Å²) in [5.74, 6) is -0.187. The Morgan fingerprint density at radius 2 is 2.57 bits per heavy atom. The topological polar surface area (TPSA) is 48.7 Å². The fourth-order valence-electron chi connectivity index (χ4n) is 1.41. The highest BCUT2D eigenvalue weighted by Gasteiger charge is 2.18. The van der Waals surface area contributed by atoms with Crippen LogP contribution in [0.25, 0.3) is 0 Å². The van der Waals surface area contributed by atoms with Gasteiger partial charge in [-0.2, -0.15) is 0 Å². The summed E-state index contributed by atoms with van der Waals surface area (Å²) in [5, 5.41) is 0. The normalized spacial score (nSPS) is 21.0. The van der Waals surface area contributed by atoms with Crippen molar-refractivity contribution in [3.05, 3.63) is 24.2 Å². The van der Waals surface area contributed by atoms with Crippen LogP contribution in [-0.4, -0.2) is 25.3 Å². The van der Waals surface area contributed by atoms with Gasteiger partial charge in [-0.15, -0.1) is 0 Å². The van der Waals surface area contributed by atoms with Crippen LogP contribution in [0.2, 0.25) is 0 Å². The number of esters is 1. The van der Waals surface area contributed by atoms with E-state index in [2.05, 4.69) is 0 Å². The molecule has 2 rings (SSSR count). The molecular weight excluding hydrogens is 184 g/mol. The minimum Gasteiger partial charge on any atom is -0.457 e. The third kappa shape index (κ3) is 2.14. The molecule has 0 radical (unpaired) electrons. The first-order chi connectivity index (χ1) is 6.86. The van der Waals surface area contributed by atoms with Gasteiger partial charge in [0.05, 0.1) is 12.4 Å². The van der Waals surface area contributed by atoms with Crippen LogP contribution in [0, 0.1) is 0 Å². The summed E-state index contributed by atoms with van der Waals surface area (Å²) in [7, 11) is 0. The summed E-state index contributed by atoms with van der Waals surface area (Å²) in [5.41, 5.74) is 0. The minimum absolute atomic E-state index is 0.0638. The maximum Gasteiger partial charge on any atom is 0.374 e. The zero-order valence-corrected chi connectivity index (χ0v) is 7.77. The third-order valence-electron chi connectivity index (χ3n) is 2.15. The molecule has 1 aliphatic rings. The summed E-state index contributed by atoms with van der Waals surface area (Å²) in [6, 6.07) is 3.24. The molecule has 0 aliphatic carbocycles. The van der Waals surface area contributed by atoms with Crippen molar-refractivity contribution in [2.45, 2.75) is 18.9 Å². The second-order valence-electron chi connectivity index (χ2n) is 3.21. The van der Waals surface area contributed by atoms with E-state index in [9.17, 15) is 4.79 Å². The standard InChI is InChI=1S/C10H12O4/c11-10(9-4-2-6-13-9)14-7-8-3-1-5-12-8/h2,4,6,8H,1,3,5,7H2/t8-/m1/s1. The number of hydrogen-bond acceptors (Lipinski definition) is 4. The summed E-state index contributed by atoms with van der Waals surface area (Å²) in [4.78, 5) is 11.3. The maximum absolute atomic E-state index is 11.3. The first kappa shape index (κ1) is 9.27. The molecule has 76 valence electrons. The van der Waals surface area contributed by atoms with E-state index in [-0.39, 0.29) is 11.9 Å². The van der Waals surface area contributed by atoms with Crippen LogP contribution < -0.4 is 0 Å². The SMILES string of the molecule is O=C(OC[C@H]1CCCO1)c1ccco1. The van der Waals surface area contributed by atoms with Gasteiger partial charge in [-0.05, 0) is 25.0 Å². The van der Waals surface area contributed by atoms with E-state index in [0.717, 1.165) is 19.4 Å². The molecule has 1 aromatic heterocycles. The predicted octanol–water partition coefficient (Wildman–Crippen LogP) is 1.62. The highest BCUT2D eigenvalue weighted by molar-refractivity contribution is 5.86. The smallest absolute Gasteiger partial charge is 0.374 e. The Hall–Kier alpha value is -1.29. The van der Waals surface area contributed by atoms with Crippen molar-refractivity contribution in [2.24, 2.45) is 0 Å². The lowest BCUT2D eigenvalue weighted by Gasteiger charge is -2.08. The van der Waals surface area contributed by atoms with Crippen LogP contribution >= 0.6 is 0 Å². The lowest BCUT2D eigenvalue weighted by atomic mass is 10.2. The largest absolute Gasteiger partial charge is 0.457 e. The average Bonchev–Trinajstić information content (AvgIpc) is 2.87. The Morgan fingerprint density at radius 3 is 3.21 bits per heavy atom. The number of rotatable bonds is 3. The predicted molar refractivity (Wildman–Crippen MR) is 48.0 cm³/mol. The van der Waals surface area contributed by atoms with Crippen molar-refractivity contribution in [3.63, 3.8) is 0 Å². The van der Waals surface area contributed by atoms with Gasteiger partial charge in [0.1, 0.15) is 6.61 Å². The molecule has 4 heteroatoms. The molecule has 0 aromatic carbocycles. The third-order valence-corrected chi connectivity index (χ3v) is 2.15. The fraction of sp³-hybridized carbons (Fsp3) is 0.500. The Labute approximate surface area is 81.8 Å². The zero-order chi connectivity index (χ0) is 9.80. The molecule has 0 amide bonds. The summed E-state index contributed by atoms with van der Waals surface area (Å²) < 4.78 is 15.2. The van der Waals surface area contributed by atoms with E-state index < -0.39 is 5.97 Å². The summed E-state index contributed by atoms with van der Waals surface area (Å²) >= 11 is 0. The number of carbonyl (C=O) groups excluding carboxylic acids is 1. The van der Waals surface area contributed by atoms with Gasteiger partial charge in [0.25, 0.3) is 0 Å². The quantitative estimate of drug-likeness (QED) is 0.689. The van der Waals surface area contributed by atoms with Crippen molar-refractivity contribution >= 4 is 5.97 Å². The molecule has 0 N–H and O–H groups in total. The molecular formula is C10H12O4. The van der Waals surface area contributed by atoms with Crippen molar-refractivity contribution in [2.75, 3.05) is 13.2 Å². The molecule has 1 aromatic rings. The molecule has 2 heterocycles. The molecule has 1 saturated heterocycles. The minimum atomic E-state index is -0.425. The van der Waals surface area contributed by atoms with E-state index in [1.807, 2.05) is 0 Å². The molecule has 0 bridgehead atoms. The number of carbonyl (C=O) groups is 1. The van der Waals surface area contributed by atoms with E-state index in [1.54, 1.807) is 12.1 Å². The fourth-order valence-corrected chi connectivity index (χ4v) is 1.41. The Kier molecular flexibility index (Phi) is 2.84. The summed E-state index contributed by atoms with van der Waals surface area (Å²) in [6.07, 6.45) is 3.52. The second kappa shape index (κ2) is 4.28. The molecule has 1 aliphatic heterocycles. The van der Waals surface area contributed by atoms with Gasteiger partial charge in [0, 0.05) is 6.61 Å². The van der Waals surface area contributed by atoms with Crippen molar-refractivity contribution in [1.29, 1.82) is 0 Å². The van der Waals surface area contributed by atoms with Crippen LogP contribution in [0.15, 0.2) is 22.8 Å². The molecule has 0 unspecified atom stereocenters. The lowest BCUT2D eigenvalue weighted by molar-refractivity contribution is 0.0136. The number of furan rings is 1. The molecule has 0 saturated carbocycles. The Bertz CT molecular complexity index is 285. The van der Waals surface area contributed by atoms with Crippen LogP contribution in [0.4, 0.5) is 0 Å². The van der Waals surface area contributed by atoms with Gasteiger partial charge in [0.2, 0.25) is 5.76 Å². The van der Waals surface area contributed by atoms with Crippen LogP contribution in [0.5, 0.6) is 0 Å².